The molecule has 1 atom stereocenters. The molecule has 3 aromatic carbocycles. The van der Waals surface area contributed by atoms with Gasteiger partial charge >= 0.3 is 0 Å². The lowest BCUT2D eigenvalue weighted by atomic mass is 10.0. The van der Waals surface area contributed by atoms with E-state index in [9.17, 15) is 17.2 Å². The van der Waals surface area contributed by atoms with Gasteiger partial charge in [-0.15, -0.1) is 0 Å². The maximum Gasteiger partial charge on any atom is 0.270 e. The zero-order valence-electron chi connectivity index (χ0n) is 15.6. The van der Waals surface area contributed by atoms with Crippen LogP contribution in [0, 0.1) is 11.6 Å². The van der Waals surface area contributed by atoms with Crippen LogP contribution in [0.1, 0.15) is 18.4 Å². The Bertz CT molecular complexity index is 1170. The summed E-state index contributed by atoms with van der Waals surface area (Å²) in [5, 5.41) is 0.704. The van der Waals surface area contributed by atoms with Crippen molar-refractivity contribution >= 4 is 54.8 Å². The lowest BCUT2D eigenvalue weighted by Gasteiger charge is -2.28. The van der Waals surface area contributed by atoms with Crippen molar-refractivity contribution in [3.05, 3.63) is 92.4 Å². The van der Waals surface area contributed by atoms with Crippen molar-refractivity contribution in [3.8, 4) is 0 Å². The van der Waals surface area contributed by atoms with Gasteiger partial charge < -0.3 is 0 Å². The summed E-state index contributed by atoms with van der Waals surface area (Å²) < 4.78 is 57.1. The third kappa shape index (κ3) is 4.80. The maximum atomic E-state index is 14.4. The summed E-state index contributed by atoms with van der Waals surface area (Å²) in [6.45, 7) is 1.71. The third-order valence-corrected chi connectivity index (χ3v) is 7.59. The summed E-state index contributed by atoms with van der Waals surface area (Å²) in [7, 11) is -4.55. The fourth-order valence-electron chi connectivity index (χ4n) is 2.99. The number of hydrogen-bond acceptors (Lipinski definition) is 2. The molecule has 0 bridgehead atoms. The summed E-state index contributed by atoms with van der Waals surface area (Å²) in [6, 6.07) is 14.4. The molecule has 3 rings (SSSR count). The molecule has 158 valence electrons. The Labute approximate surface area is 192 Å². The standard InChI is InChI=1S/C21H16BrCl2F2NO2S/c1-13(14-8-9-17(23)18(24)10-14)12-27(16-5-2-4-15(22)11-16)30(28,29)21-19(25)6-3-7-20(21)26/h2-11,13H,12H2,1H3. The quantitative estimate of drug-likeness (QED) is 0.340. The first-order valence-corrected chi connectivity index (χ1v) is 11.8. The van der Waals surface area contributed by atoms with Crippen LogP contribution >= 0.6 is 39.1 Å². The monoisotopic (exact) mass is 533 g/mol. The molecule has 0 aromatic heterocycles. The molecule has 30 heavy (non-hydrogen) atoms. The minimum atomic E-state index is -4.55. The second-order valence-electron chi connectivity index (χ2n) is 6.64. The van der Waals surface area contributed by atoms with Crippen molar-refractivity contribution < 1.29 is 17.2 Å². The van der Waals surface area contributed by atoms with E-state index in [0.29, 0.717) is 14.5 Å². The van der Waals surface area contributed by atoms with Crippen LogP contribution in [-0.2, 0) is 10.0 Å². The lowest BCUT2D eigenvalue weighted by molar-refractivity contribution is 0.516. The molecule has 9 heteroatoms. The first-order chi connectivity index (χ1) is 14.1. The minimum Gasteiger partial charge on any atom is -0.266 e. The molecule has 3 nitrogen and oxygen atoms in total. The molecule has 0 aliphatic rings. The highest BCUT2D eigenvalue weighted by atomic mass is 79.9. The highest BCUT2D eigenvalue weighted by Crippen LogP contribution is 2.33. The van der Waals surface area contributed by atoms with Gasteiger partial charge in [-0.2, -0.15) is 0 Å². The number of benzene rings is 3. The topological polar surface area (TPSA) is 37.4 Å². The number of nitrogens with zero attached hydrogens (tertiary/aromatic N) is 1. The van der Waals surface area contributed by atoms with E-state index in [0.717, 1.165) is 28.1 Å². The van der Waals surface area contributed by atoms with Gasteiger partial charge in [0.1, 0.15) is 11.6 Å². The van der Waals surface area contributed by atoms with E-state index in [2.05, 4.69) is 15.9 Å². The van der Waals surface area contributed by atoms with Crippen LogP contribution < -0.4 is 4.31 Å². The van der Waals surface area contributed by atoms with Gasteiger partial charge in [0, 0.05) is 11.0 Å². The average Bonchev–Trinajstić information content (AvgIpc) is 2.67. The Morgan fingerprint density at radius 1 is 0.967 bits per heavy atom. The van der Waals surface area contributed by atoms with E-state index in [1.165, 1.54) is 0 Å². The number of hydrogen-bond donors (Lipinski definition) is 0. The van der Waals surface area contributed by atoms with E-state index in [-0.39, 0.29) is 18.2 Å². The predicted molar refractivity (Wildman–Crippen MR) is 120 cm³/mol. The molecule has 0 heterocycles. The van der Waals surface area contributed by atoms with Crippen molar-refractivity contribution in [1.29, 1.82) is 0 Å². The SMILES string of the molecule is CC(CN(c1cccc(Br)c1)S(=O)(=O)c1c(F)cccc1F)c1ccc(Cl)c(Cl)c1. The van der Waals surface area contributed by atoms with Crippen LogP contribution in [0.5, 0.6) is 0 Å². The van der Waals surface area contributed by atoms with Crippen LogP contribution in [0.2, 0.25) is 10.0 Å². The number of sulfonamides is 1. The minimum absolute atomic E-state index is 0.0788. The Morgan fingerprint density at radius 3 is 2.20 bits per heavy atom. The van der Waals surface area contributed by atoms with E-state index < -0.39 is 26.6 Å². The molecule has 0 fully saturated rings. The molecule has 0 spiro atoms. The van der Waals surface area contributed by atoms with Crippen molar-refractivity contribution in [2.75, 3.05) is 10.8 Å². The molecule has 0 saturated carbocycles. The largest absolute Gasteiger partial charge is 0.270 e. The Kier molecular flexibility index (Phi) is 7.07. The van der Waals surface area contributed by atoms with Crippen molar-refractivity contribution in [2.45, 2.75) is 17.7 Å². The fourth-order valence-corrected chi connectivity index (χ4v) is 5.34. The average molecular weight is 535 g/mol. The fraction of sp³-hybridized carbons (Fsp3) is 0.143. The van der Waals surface area contributed by atoms with Crippen molar-refractivity contribution in [1.82, 2.24) is 0 Å². The zero-order valence-corrected chi connectivity index (χ0v) is 19.5. The van der Waals surface area contributed by atoms with Gasteiger partial charge in [-0.3, -0.25) is 4.31 Å². The second kappa shape index (κ2) is 9.22. The summed E-state index contributed by atoms with van der Waals surface area (Å²) in [4.78, 5) is -0.994. The molecule has 0 amide bonds. The molecule has 0 saturated heterocycles. The molecule has 1 unspecified atom stereocenters. The van der Waals surface area contributed by atoms with E-state index in [1.807, 2.05) is 0 Å². The van der Waals surface area contributed by atoms with Gasteiger partial charge in [-0.05, 0) is 53.9 Å². The van der Waals surface area contributed by atoms with Crippen molar-refractivity contribution in [2.24, 2.45) is 0 Å². The lowest BCUT2D eigenvalue weighted by Crippen LogP contribution is -2.35. The van der Waals surface area contributed by atoms with Gasteiger partial charge in [0.25, 0.3) is 10.0 Å². The third-order valence-electron chi connectivity index (χ3n) is 4.52. The number of halogens is 5. The molecular formula is C21H16BrCl2F2NO2S. The number of anilines is 1. The van der Waals surface area contributed by atoms with E-state index in [4.69, 9.17) is 23.2 Å². The van der Waals surface area contributed by atoms with Gasteiger partial charge in [0.15, 0.2) is 4.90 Å². The molecule has 0 aliphatic heterocycles. The normalized spacial score (nSPS) is 12.6. The van der Waals surface area contributed by atoms with Gasteiger partial charge in [-0.25, -0.2) is 17.2 Å². The van der Waals surface area contributed by atoms with Crippen LogP contribution in [0.15, 0.2) is 70.0 Å². The summed E-state index contributed by atoms with van der Waals surface area (Å²) in [6.07, 6.45) is 0. The number of rotatable bonds is 6. The van der Waals surface area contributed by atoms with Crippen LogP contribution in [0.3, 0.4) is 0 Å². The van der Waals surface area contributed by atoms with Crippen molar-refractivity contribution in [3.63, 3.8) is 0 Å². The first kappa shape index (κ1) is 23.0. The van der Waals surface area contributed by atoms with E-state index >= 15 is 0 Å². The highest BCUT2D eigenvalue weighted by Gasteiger charge is 2.32. The zero-order chi connectivity index (χ0) is 22.1. The molecule has 0 radical (unpaired) electrons. The van der Waals surface area contributed by atoms with Crippen LogP contribution in [-0.4, -0.2) is 15.0 Å². The summed E-state index contributed by atoms with van der Waals surface area (Å²) >= 11 is 15.4. The van der Waals surface area contributed by atoms with Gasteiger partial charge in [0.2, 0.25) is 0 Å². The molecule has 0 N–H and O–H groups in total. The van der Waals surface area contributed by atoms with E-state index in [1.54, 1.807) is 49.4 Å². The first-order valence-electron chi connectivity index (χ1n) is 8.78. The van der Waals surface area contributed by atoms with Gasteiger partial charge in [0.05, 0.1) is 15.7 Å². The Balaban J connectivity index is 2.10. The van der Waals surface area contributed by atoms with Crippen LogP contribution in [0.25, 0.3) is 0 Å². The predicted octanol–water partition coefficient (Wildman–Crippen LogP) is 7.03. The maximum absolute atomic E-state index is 14.4. The van der Waals surface area contributed by atoms with Crippen LogP contribution in [0.4, 0.5) is 14.5 Å². The molecular weight excluding hydrogens is 519 g/mol. The smallest absolute Gasteiger partial charge is 0.266 e. The summed E-state index contributed by atoms with van der Waals surface area (Å²) in [5.74, 6) is -2.67. The highest BCUT2D eigenvalue weighted by molar-refractivity contribution is 9.10. The molecule has 3 aromatic rings. The Hall–Kier alpha value is -1.67. The second-order valence-corrected chi connectivity index (χ2v) is 10.2. The van der Waals surface area contributed by atoms with Gasteiger partial charge in [-0.1, -0.05) is 64.3 Å². The summed E-state index contributed by atoms with van der Waals surface area (Å²) in [5.41, 5.74) is 0.993. The molecule has 0 aliphatic carbocycles. The Morgan fingerprint density at radius 2 is 1.60 bits per heavy atom.